The van der Waals surface area contributed by atoms with E-state index in [1.807, 2.05) is 11.3 Å². The Bertz CT molecular complexity index is 1020. The number of thiophene rings is 1. The molecule has 1 nitrogen and oxygen atoms in total. The lowest BCUT2D eigenvalue weighted by atomic mass is 9.87. The number of nitrogens with zero attached hydrogens (tertiary/aromatic N) is 1. The smallest absolute Gasteiger partial charge is 0.101 e. The Morgan fingerprint density at radius 3 is 2.46 bits per heavy atom. The average Bonchev–Trinajstić information content (AvgIpc) is 3.09. The Morgan fingerprint density at radius 1 is 1.04 bits per heavy atom. The second-order valence-corrected chi connectivity index (χ2v) is 9.94. The van der Waals surface area contributed by atoms with Crippen LogP contribution in [0.25, 0.3) is 6.08 Å². The Labute approximate surface area is 177 Å². The zero-order valence-electron chi connectivity index (χ0n) is 16.9. The number of benzene rings is 2. The Morgan fingerprint density at radius 2 is 1.79 bits per heavy atom. The van der Waals surface area contributed by atoms with Crippen LogP contribution in [0.3, 0.4) is 0 Å². The lowest BCUT2D eigenvalue weighted by molar-refractivity contribution is 0.590. The van der Waals surface area contributed by atoms with E-state index in [4.69, 9.17) is 11.6 Å². The fourth-order valence-electron chi connectivity index (χ4n) is 3.60. The number of allylic oxidation sites excluding steroid dienone is 1. The van der Waals surface area contributed by atoms with Crippen molar-refractivity contribution in [3.05, 3.63) is 81.2 Å². The molecule has 0 saturated carbocycles. The van der Waals surface area contributed by atoms with Crippen molar-refractivity contribution in [1.82, 2.24) is 0 Å². The molecule has 1 aromatic heterocycles. The van der Waals surface area contributed by atoms with E-state index in [2.05, 4.69) is 93.3 Å². The summed E-state index contributed by atoms with van der Waals surface area (Å²) in [6.07, 6.45) is 6.76. The van der Waals surface area contributed by atoms with Crippen LogP contribution in [0, 0.1) is 6.92 Å². The normalized spacial score (nSPS) is 13.5. The summed E-state index contributed by atoms with van der Waals surface area (Å²) in [5.41, 5.74) is 6.08. The molecule has 0 saturated heterocycles. The van der Waals surface area contributed by atoms with Gasteiger partial charge in [0.25, 0.3) is 0 Å². The molecule has 0 radical (unpaired) electrons. The van der Waals surface area contributed by atoms with Gasteiger partial charge < -0.3 is 4.90 Å². The molecule has 0 spiro atoms. The molecule has 4 rings (SSSR count). The molecule has 0 atom stereocenters. The second kappa shape index (κ2) is 7.42. The number of anilines is 3. The molecule has 28 heavy (non-hydrogen) atoms. The summed E-state index contributed by atoms with van der Waals surface area (Å²) in [7, 11) is 0. The summed E-state index contributed by atoms with van der Waals surface area (Å²) in [5.74, 6) is 0. The molecule has 0 bridgehead atoms. The zero-order valence-corrected chi connectivity index (χ0v) is 18.5. The van der Waals surface area contributed by atoms with Gasteiger partial charge >= 0.3 is 0 Å². The number of aryl methyl sites for hydroxylation is 2. The van der Waals surface area contributed by atoms with Gasteiger partial charge in [0.15, 0.2) is 0 Å². The summed E-state index contributed by atoms with van der Waals surface area (Å²) in [5, 5.41) is 2.02. The average molecular weight is 408 g/mol. The summed E-state index contributed by atoms with van der Waals surface area (Å²) in [4.78, 5) is 3.76. The highest BCUT2D eigenvalue weighted by molar-refractivity contribution is 7.16. The Hall–Kier alpha value is -2.03. The third-order valence-electron chi connectivity index (χ3n) is 5.29. The molecule has 1 aliphatic carbocycles. The van der Waals surface area contributed by atoms with Crippen LogP contribution in [0.15, 0.2) is 54.6 Å². The molecule has 144 valence electrons. The van der Waals surface area contributed by atoms with Gasteiger partial charge in [0.2, 0.25) is 0 Å². The van der Waals surface area contributed by atoms with Crippen LogP contribution in [0.1, 0.15) is 48.8 Å². The summed E-state index contributed by atoms with van der Waals surface area (Å²) >= 11 is 8.64. The maximum atomic E-state index is 6.77. The molecule has 0 aliphatic heterocycles. The van der Waals surface area contributed by atoms with Gasteiger partial charge in [0, 0.05) is 10.6 Å². The summed E-state index contributed by atoms with van der Waals surface area (Å²) in [6, 6.07) is 17.5. The molecule has 3 heteroatoms. The third kappa shape index (κ3) is 3.64. The van der Waals surface area contributed by atoms with Gasteiger partial charge in [0.1, 0.15) is 5.00 Å². The van der Waals surface area contributed by atoms with Gasteiger partial charge in [-0.2, -0.15) is 0 Å². The van der Waals surface area contributed by atoms with Gasteiger partial charge in [-0.15, -0.1) is 11.3 Å². The van der Waals surface area contributed by atoms with Gasteiger partial charge in [0.05, 0.1) is 10.7 Å². The van der Waals surface area contributed by atoms with Crippen molar-refractivity contribution in [2.45, 2.75) is 46.0 Å². The number of rotatable bonds is 3. The topological polar surface area (TPSA) is 3.24 Å². The van der Waals surface area contributed by atoms with Crippen LogP contribution in [0.4, 0.5) is 16.4 Å². The predicted octanol–water partition coefficient (Wildman–Crippen LogP) is 8.44. The molecular formula is C25H26ClNS. The highest BCUT2D eigenvalue weighted by Crippen LogP contribution is 2.45. The van der Waals surface area contributed by atoms with Crippen LogP contribution in [0.5, 0.6) is 0 Å². The number of fused-ring (bicyclic) bond motifs is 1. The third-order valence-corrected chi connectivity index (χ3v) is 6.98. The van der Waals surface area contributed by atoms with Crippen molar-refractivity contribution < 1.29 is 0 Å². The zero-order chi connectivity index (χ0) is 19.9. The predicted molar refractivity (Wildman–Crippen MR) is 125 cm³/mol. The van der Waals surface area contributed by atoms with Crippen LogP contribution in [0.2, 0.25) is 5.02 Å². The fourth-order valence-corrected chi connectivity index (χ4v) is 5.01. The molecule has 0 N–H and O–H groups in total. The minimum atomic E-state index is 0.136. The van der Waals surface area contributed by atoms with Crippen LogP contribution in [-0.4, -0.2) is 0 Å². The van der Waals surface area contributed by atoms with E-state index in [-0.39, 0.29) is 5.41 Å². The van der Waals surface area contributed by atoms with Gasteiger partial charge in [-0.1, -0.05) is 68.8 Å². The first-order valence-electron chi connectivity index (χ1n) is 9.79. The van der Waals surface area contributed by atoms with E-state index < -0.39 is 0 Å². The quantitative estimate of drug-likeness (QED) is 0.421. The van der Waals surface area contributed by atoms with Crippen molar-refractivity contribution >= 4 is 45.4 Å². The second-order valence-electron chi connectivity index (χ2n) is 8.44. The Balaban J connectivity index is 1.86. The van der Waals surface area contributed by atoms with Crippen molar-refractivity contribution in [3.8, 4) is 0 Å². The lowest BCUT2D eigenvalue weighted by Crippen LogP contribution is -2.13. The van der Waals surface area contributed by atoms with Crippen LogP contribution >= 0.6 is 22.9 Å². The molecule has 0 fully saturated rings. The van der Waals surface area contributed by atoms with Crippen LogP contribution in [-0.2, 0) is 11.8 Å². The minimum Gasteiger partial charge on any atom is -0.300 e. The summed E-state index contributed by atoms with van der Waals surface area (Å²) in [6.45, 7) is 8.81. The first kappa shape index (κ1) is 19.3. The molecule has 3 aromatic rings. The van der Waals surface area contributed by atoms with E-state index in [1.165, 1.54) is 21.0 Å². The van der Waals surface area contributed by atoms with Gasteiger partial charge in [-0.25, -0.2) is 0 Å². The largest absolute Gasteiger partial charge is 0.300 e. The molecule has 0 amide bonds. The van der Waals surface area contributed by atoms with E-state index in [9.17, 15) is 0 Å². The monoisotopic (exact) mass is 407 g/mol. The van der Waals surface area contributed by atoms with Gasteiger partial charge in [-0.3, -0.25) is 0 Å². The first-order chi connectivity index (χ1) is 13.3. The van der Waals surface area contributed by atoms with E-state index >= 15 is 0 Å². The van der Waals surface area contributed by atoms with Crippen molar-refractivity contribution in [2.24, 2.45) is 0 Å². The summed E-state index contributed by atoms with van der Waals surface area (Å²) < 4.78 is 0. The molecule has 1 aliphatic rings. The highest BCUT2D eigenvalue weighted by Gasteiger charge is 2.21. The molecule has 0 unspecified atom stereocenters. The maximum Gasteiger partial charge on any atom is 0.101 e. The standard InChI is InChI=1S/C25H26ClNS/c1-17-8-7-10-21(24(17)26)27(20-14-12-19(13-15-20)25(2,3)4)23-16-18-9-5-6-11-22(18)28-23/h5,7-10,12-16H,6,11H2,1-4H3. The molecule has 2 aromatic carbocycles. The number of hydrogen-bond donors (Lipinski definition) is 0. The van der Waals surface area contributed by atoms with Crippen molar-refractivity contribution in [3.63, 3.8) is 0 Å². The van der Waals surface area contributed by atoms with E-state index in [0.29, 0.717) is 0 Å². The van der Waals surface area contributed by atoms with Crippen molar-refractivity contribution in [1.29, 1.82) is 0 Å². The van der Waals surface area contributed by atoms with Gasteiger partial charge in [-0.05, 0) is 66.1 Å². The SMILES string of the molecule is Cc1cccc(N(c2ccc(C(C)(C)C)cc2)c2cc3c(s2)CCC=C3)c1Cl. The van der Waals surface area contributed by atoms with Crippen LogP contribution < -0.4 is 4.90 Å². The first-order valence-corrected chi connectivity index (χ1v) is 11.0. The van der Waals surface area contributed by atoms with E-state index in [0.717, 1.165) is 34.8 Å². The maximum absolute atomic E-state index is 6.77. The molecular weight excluding hydrogens is 382 g/mol. The highest BCUT2D eigenvalue weighted by atomic mass is 35.5. The number of hydrogen-bond acceptors (Lipinski definition) is 2. The number of halogens is 1. The van der Waals surface area contributed by atoms with Crippen molar-refractivity contribution in [2.75, 3.05) is 4.90 Å². The molecule has 1 heterocycles. The lowest BCUT2D eigenvalue weighted by Gasteiger charge is -2.26. The fraction of sp³-hybridized carbons (Fsp3) is 0.280. The Kier molecular flexibility index (Phi) is 5.11. The minimum absolute atomic E-state index is 0.136. The van der Waals surface area contributed by atoms with E-state index in [1.54, 1.807) is 0 Å².